The molecule has 0 N–H and O–H groups in total. The fraction of sp³-hybridized carbons (Fsp3) is 0.364. The molecular weight excluding hydrogens is 188 g/mol. The van der Waals surface area contributed by atoms with E-state index in [4.69, 9.17) is 0 Å². The second-order valence-corrected chi connectivity index (χ2v) is 3.64. The van der Waals surface area contributed by atoms with E-state index in [1.165, 1.54) is 11.1 Å². The van der Waals surface area contributed by atoms with Crippen molar-refractivity contribution in [2.45, 2.75) is 26.7 Å². The van der Waals surface area contributed by atoms with Gasteiger partial charge in [-0.25, -0.2) is 4.68 Å². The molecule has 0 aliphatic rings. The Balaban J connectivity index is 2.46. The van der Waals surface area contributed by atoms with E-state index in [9.17, 15) is 0 Å². The van der Waals surface area contributed by atoms with Gasteiger partial charge in [0, 0.05) is 0 Å². The maximum Gasteiger partial charge on any atom is 0.143 e. The third kappa shape index (κ3) is 2.03. The number of hydrogen-bond acceptors (Lipinski definition) is 3. The van der Waals surface area contributed by atoms with Crippen LogP contribution in [0.3, 0.4) is 0 Å². The van der Waals surface area contributed by atoms with Crippen LogP contribution in [0.1, 0.15) is 24.5 Å². The smallest absolute Gasteiger partial charge is 0.143 e. The Morgan fingerprint density at radius 2 is 2.20 bits per heavy atom. The van der Waals surface area contributed by atoms with Crippen molar-refractivity contribution in [3.63, 3.8) is 0 Å². The van der Waals surface area contributed by atoms with Gasteiger partial charge in [-0.2, -0.15) is 0 Å². The molecule has 78 valence electrons. The number of benzene rings is 1. The van der Waals surface area contributed by atoms with Crippen molar-refractivity contribution in [3.05, 3.63) is 35.7 Å². The summed E-state index contributed by atoms with van der Waals surface area (Å²) >= 11 is 0. The van der Waals surface area contributed by atoms with Crippen LogP contribution in [0.2, 0.25) is 0 Å². The Morgan fingerprint density at radius 1 is 1.33 bits per heavy atom. The largest absolute Gasteiger partial charge is 0.200 e. The van der Waals surface area contributed by atoms with Crippen LogP contribution in [0.25, 0.3) is 5.69 Å². The topological polar surface area (TPSA) is 43.6 Å². The van der Waals surface area contributed by atoms with Crippen LogP contribution in [0.15, 0.2) is 24.5 Å². The highest BCUT2D eigenvalue weighted by atomic mass is 15.5. The molecule has 0 saturated carbocycles. The molecule has 0 bridgehead atoms. The molecule has 2 aromatic rings. The Bertz CT molecular complexity index is 434. The van der Waals surface area contributed by atoms with Crippen molar-refractivity contribution < 1.29 is 0 Å². The molecule has 0 amide bonds. The van der Waals surface area contributed by atoms with Crippen LogP contribution in [0.5, 0.6) is 0 Å². The molecule has 0 aliphatic carbocycles. The first kappa shape index (κ1) is 9.83. The fourth-order valence-corrected chi connectivity index (χ4v) is 1.68. The first-order chi connectivity index (χ1) is 7.31. The second-order valence-electron chi connectivity index (χ2n) is 3.64. The number of aromatic nitrogens is 4. The van der Waals surface area contributed by atoms with Crippen LogP contribution in [-0.4, -0.2) is 20.2 Å². The summed E-state index contributed by atoms with van der Waals surface area (Å²) in [4.78, 5) is 0. The molecule has 4 nitrogen and oxygen atoms in total. The molecule has 4 heteroatoms. The third-order valence-electron chi connectivity index (χ3n) is 2.35. The summed E-state index contributed by atoms with van der Waals surface area (Å²) in [7, 11) is 0. The van der Waals surface area contributed by atoms with E-state index in [0.717, 1.165) is 18.5 Å². The number of hydrogen-bond donors (Lipinski definition) is 0. The van der Waals surface area contributed by atoms with Crippen LogP contribution in [0, 0.1) is 6.92 Å². The summed E-state index contributed by atoms with van der Waals surface area (Å²) in [5.41, 5.74) is 3.65. The maximum absolute atomic E-state index is 3.91. The van der Waals surface area contributed by atoms with Gasteiger partial charge in [0.25, 0.3) is 0 Å². The number of nitrogens with zero attached hydrogens (tertiary/aromatic N) is 4. The predicted molar refractivity (Wildman–Crippen MR) is 57.9 cm³/mol. The standard InChI is InChI=1S/C11H14N4/c1-3-4-10-7-9(2)5-6-11(10)15-8-12-13-14-15/h5-8H,3-4H2,1-2H3. The minimum Gasteiger partial charge on any atom is -0.200 e. The molecule has 2 rings (SSSR count). The van der Waals surface area contributed by atoms with Crippen molar-refractivity contribution in [2.75, 3.05) is 0 Å². The van der Waals surface area contributed by atoms with Gasteiger partial charge < -0.3 is 0 Å². The Hall–Kier alpha value is -1.71. The quantitative estimate of drug-likeness (QED) is 0.763. The van der Waals surface area contributed by atoms with Crippen molar-refractivity contribution in [1.29, 1.82) is 0 Å². The average molecular weight is 202 g/mol. The molecule has 0 spiro atoms. The highest BCUT2D eigenvalue weighted by molar-refractivity contribution is 5.42. The lowest BCUT2D eigenvalue weighted by molar-refractivity contribution is 0.774. The van der Waals surface area contributed by atoms with Crippen LogP contribution in [0.4, 0.5) is 0 Å². The van der Waals surface area contributed by atoms with Crippen LogP contribution < -0.4 is 0 Å². The zero-order valence-corrected chi connectivity index (χ0v) is 9.01. The van der Waals surface area contributed by atoms with E-state index in [2.05, 4.69) is 47.6 Å². The molecular formula is C11H14N4. The summed E-state index contributed by atoms with van der Waals surface area (Å²) in [5, 5.41) is 11.2. The van der Waals surface area contributed by atoms with E-state index >= 15 is 0 Å². The lowest BCUT2D eigenvalue weighted by Gasteiger charge is -2.08. The number of rotatable bonds is 3. The summed E-state index contributed by atoms with van der Waals surface area (Å²) in [6, 6.07) is 6.34. The van der Waals surface area contributed by atoms with E-state index in [0.29, 0.717) is 0 Å². The lowest BCUT2D eigenvalue weighted by Crippen LogP contribution is -2.01. The summed E-state index contributed by atoms with van der Waals surface area (Å²) in [6.45, 7) is 4.27. The molecule has 0 aliphatic heterocycles. The Morgan fingerprint density at radius 3 is 2.87 bits per heavy atom. The normalized spacial score (nSPS) is 10.5. The lowest BCUT2D eigenvalue weighted by atomic mass is 10.1. The molecule has 1 heterocycles. The van der Waals surface area contributed by atoms with Crippen molar-refractivity contribution in [1.82, 2.24) is 20.2 Å². The average Bonchev–Trinajstić information content (AvgIpc) is 2.71. The van der Waals surface area contributed by atoms with Gasteiger partial charge in [0.05, 0.1) is 5.69 Å². The Kier molecular flexibility index (Phi) is 2.76. The Labute approximate surface area is 88.9 Å². The fourth-order valence-electron chi connectivity index (χ4n) is 1.68. The molecule has 0 unspecified atom stereocenters. The monoisotopic (exact) mass is 202 g/mol. The molecule has 1 aromatic carbocycles. The van der Waals surface area contributed by atoms with Gasteiger partial charge in [-0.3, -0.25) is 0 Å². The minimum absolute atomic E-state index is 1.05. The zero-order valence-electron chi connectivity index (χ0n) is 9.01. The summed E-state index contributed by atoms with van der Waals surface area (Å²) in [6.07, 6.45) is 3.80. The van der Waals surface area contributed by atoms with Crippen molar-refractivity contribution in [2.24, 2.45) is 0 Å². The highest BCUT2D eigenvalue weighted by Crippen LogP contribution is 2.16. The summed E-state index contributed by atoms with van der Waals surface area (Å²) < 4.78 is 1.71. The minimum atomic E-state index is 1.05. The van der Waals surface area contributed by atoms with Gasteiger partial charge >= 0.3 is 0 Å². The number of tetrazole rings is 1. The van der Waals surface area contributed by atoms with Gasteiger partial charge in [-0.05, 0) is 35.4 Å². The zero-order chi connectivity index (χ0) is 10.7. The van der Waals surface area contributed by atoms with Crippen LogP contribution >= 0.6 is 0 Å². The van der Waals surface area contributed by atoms with Gasteiger partial charge in [-0.1, -0.05) is 31.0 Å². The van der Waals surface area contributed by atoms with Gasteiger partial charge in [-0.15, -0.1) is 5.10 Å². The molecule has 1 aromatic heterocycles. The molecule has 0 atom stereocenters. The van der Waals surface area contributed by atoms with Gasteiger partial charge in [0.15, 0.2) is 0 Å². The van der Waals surface area contributed by atoms with E-state index in [-0.39, 0.29) is 0 Å². The van der Waals surface area contributed by atoms with Crippen molar-refractivity contribution in [3.8, 4) is 5.69 Å². The van der Waals surface area contributed by atoms with Gasteiger partial charge in [0.2, 0.25) is 0 Å². The molecule has 0 saturated heterocycles. The SMILES string of the molecule is CCCc1cc(C)ccc1-n1cnnn1. The van der Waals surface area contributed by atoms with Crippen molar-refractivity contribution >= 4 is 0 Å². The van der Waals surface area contributed by atoms with E-state index < -0.39 is 0 Å². The first-order valence-corrected chi connectivity index (χ1v) is 5.14. The number of aryl methyl sites for hydroxylation is 2. The maximum atomic E-state index is 3.91. The third-order valence-corrected chi connectivity index (χ3v) is 2.35. The predicted octanol–water partition coefficient (Wildman–Crippen LogP) is 1.92. The van der Waals surface area contributed by atoms with E-state index in [1.54, 1.807) is 11.0 Å². The van der Waals surface area contributed by atoms with E-state index in [1.807, 2.05) is 0 Å². The molecule has 0 radical (unpaired) electrons. The molecule has 0 fully saturated rings. The highest BCUT2D eigenvalue weighted by Gasteiger charge is 2.05. The second kappa shape index (κ2) is 4.21. The van der Waals surface area contributed by atoms with Gasteiger partial charge in [0.1, 0.15) is 6.33 Å². The first-order valence-electron chi connectivity index (χ1n) is 5.14. The molecule has 15 heavy (non-hydrogen) atoms. The van der Waals surface area contributed by atoms with Crippen LogP contribution in [-0.2, 0) is 6.42 Å². The summed E-state index contributed by atoms with van der Waals surface area (Å²) in [5.74, 6) is 0.